The molecule has 0 radical (unpaired) electrons. The third-order valence-corrected chi connectivity index (χ3v) is 12.3. The minimum atomic E-state index is -0.789. The van der Waals surface area contributed by atoms with Gasteiger partial charge in [0, 0.05) is 19.3 Å². The van der Waals surface area contributed by atoms with Crippen molar-refractivity contribution in [3.05, 3.63) is 85.1 Å². The van der Waals surface area contributed by atoms with Gasteiger partial charge in [0.15, 0.2) is 6.10 Å². The number of carbonyl (C=O) groups is 3. The van der Waals surface area contributed by atoms with Gasteiger partial charge in [-0.1, -0.05) is 234 Å². The fourth-order valence-corrected chi connectivity index (χ4v) is 8.00. The van der Waals surface area contributed by atoms with Crippen molar-refractivity contribution in [2.24, 2.45) is 0 Å². The Hall–Kier alpha value is -3.41. The number of hydrogen-bond donors (Lipinski definition) is 0. The molecule has 6 nitrogen and oxygen atoms in total. The molecule has 69 heavy (non-hydrogen) atoms. The molecule has 0 fully saturated rings. The zero-order valence-corrected chi connectivity index (χ0v) is 45.3. The fraction of sp³-hybridized carbons (Fsp3) is 0.730. The Balaban J connectivity index is 4.38. The van der Waals surface area contributed by atoms with Crippen molar-refractivity contribution in [2.75, 3.05) is 13.2 Å². The zero-order valence-electron chi connectivity index (χ0n) is 45.3. The van der Waals surface area contributed by atoms with Crippen molar-refractivity contribution in [3.8, 4) is 0 Å². The second kappa shape index (κ2) is 57.2. The maximum absolute atomic E-state index is 12.9. The normalized spacial score (nSPS) is 12.7. The van der Waals surface area contributed by atoms with Gasteiger partial charge in [-0.15, -0.1) is 0 Å². The predicted octanol–water partition coefficient (Wildman–Crippen LogP) is 19.5. The molecule has 0 aliphatic carbocycles. The van der Waals surface area contributed by atoms with Crippen LogP contribution in [0.15, 0.2) is 85.1 Å². The van der Waals surface area contributed by atoms with Gasteiger partial charge in [-0.2, -0.15) is 0 Å². The van der Waals surface area contributed by atoms with Crippen molar-refractivity contribution in [2.45, 2.75) is 284 Å². The minimum absolute atomic E-state index is 0.0868. The van der Waals surface area contributed by atoms with Crippen molar-refractivity contribution >= 4 is 17.9 Å². The SMILES string of the molecule is CC/C=C\C/C=C\C/C=C\C/C=C\CCCCCCCCCCC(=O)OCC(COC(=O)CCCCCCC/C=C\C/C=C\CCC)OC(=O)CCCCCCCCC/C=C\CCCCCCCC. The Labute approximate surface area is 426 Å². The zero-order chi connectivity index (χ0) is 50.0. The van der Waals surface area contributed by atoms with Gasteiger partial charge in [-0.25, -0.2) is 0 Å². The van der Waals surface area contributed by atoms with Gasteiger partial charge in [0.25, 0.3) is 0 Å². The average molecular weight is 962 g/mol. The Morgan fingerprint density at radius 2 is 0.594 bits per heavy atom. The van der Waals surface area contributed by atoms with E-state index in [2.05, 4.69) is 106 Å². The van der Waals surface area contributed by atoms with Crippen molar-refractivity contribution in [1.82, 2.24) is 0 Å². The van der Waals surface area contributed by atoms with E-state index >= 15 is 0 Å². The number of rotatable bonds is 52. The van der Waals surface area contributed by atoms with E-state index in [1.165, 1.54) is 116 Å². The lowest BCUT2D eigenvalue weighted by atomic mass is 10.1. The molecule has 0 N–H and O–H groups in total. The van der Waals surface area contributed by atoms with Crippen LogP contribution in [-0.2, 0) is 28.6 Å². The molecular weight excluding hydrogens is 853 g/mol. The summed E-state index contributed by atoms with van der Waals surface area (Å²) in [5.41, 5.74) is 0. The summed E-state index contributed by atoms with van der Waals surface area (Å²) in [7, 11) is 0. The second-order valence-corrected chi connectivity index (χ2v) is 19.2. The van der Waals surface area contributed by atoms with Gasteiger partial charge in [0.1, 0.15) is 13.2 Å². The van der Waals surface area contributed by atoms with E-state index in [-0.39, 0.29) is 31.1 Å². The van der Waals surface area contributed by atoms with E-state index in [0.717, 1.165) is 122 Å². The van der Waals surface area contributed by atoms with Crippen LogP contribution in [0.1, 0.15) is 278 Å². The first-order valence-electron chi connectivity index (χ1n) is 29.1. The molecule has 0 bridgehead atoms. The summed E-state index contributed by atoms with van der Waals surface area (Å²) in [6, 6.07) is 0. The van der Waals surface area contributed by atoms with Crippen LogP contribution in [0.25, 0.3) is 0 Å². The topological polar surface area (TPSA) is 78.9 Å². The van der Waals surface area contributed by atoms with E-state index < -0.39 is 6.10 Å². The van der Waals surface area contributed by atoms with Crippen LogP contribution < -0.4 is 0 Å². The molecule has 0 saturated heterocycles. The lowest BCUT2D eigenvalue weighted by Crippen LogP contribution is -2.30. The van der Waals surface area contributed by atoms with Crippen LogP contribution in [0.3, 0.4) is 0 Å². The molecule has 0 aromatic carbocycles. The highest BCUT2D eigenvalue weighted by molar-refractivity contribution is 5.71. The quantitative estimate of drug-likeness (QED) is 0.0262. The molecule has 0 aliphatic heterocycles. The molecule has 0 saturated carbocycles. The smallest absolute Gasteiger partial charge is 0.306 e. The highest BCUT2D eigenvalue weighted by atomic mass is 16.6. The highest BCUT2D eigenvalue weighted by Crippen LogP contribution is 2.15. The highest BCUT2D eigenvalue weighted by Gasteiger charge is 2.19. The number of unbranched alkanes of at least 4 members (excludes halogenated alkanes) is 27. The monoisotopic (exact) mass is 961 g/mol. The van der Waals surface area contributed by atoms with Gasteiger partial charge in [0.2, 0.25) is 0 Å². The summed E-state index contributed by atoms with van der Waals surface area (Å²) in [6.45, 7) is 6.45. The molecule has 1 unspecified atom stereocenters. The first kappa shape index (κ1) is 65.6. The number of allylic oxidation sites excluding steroid dienone is 14. The summed E-state index contributed by atoms with van der Waals surface area (Å²) < 4.78 is 16.9. The van der Waals surface area contributed by atoms with Crippen LogP contribution in [0.2, 0.25) is 0 Å². The summed E-state index contributed by atoms with van der Waals surface area (Å²) >= 11 is 0. The van der Waals surface area contributed by atoms with Gasteiger partial charge in [-0.3, -0.25) is 14.4 Å². The second-order valence-electron chi connectivity index (χ2n) is 19.2. The van der Waals surface area contributed by atoms with E-state index in [4.69, 9.17) is 14.2 Å². The van der Waals surface area contributed by atoms with Gasteiger partial charge < -0.3 is 14.2 Å². The lowest BCUT2D eigenvalue weighted by molar-refractivity contribution is -0.167. The van der Waals surface area contributed by atoms with Crippen LogP contribution in [0, 0.1) is 0 Å². The maximum atomic E-state index is 12.9. The first-order chi connectivity index (χ1) is 34.0. The van der Waals surface area contributed by atoms with Crippen LogP contribution in [0.5, 0.6) is 0 Å². The molecule has 1 atom stereocenters. The Bertz CT molecular complexity index is 1330. The molecule has 0 aromatic heterocycles. The molecular formula is C63H108O6. The maximum Gasteiger partial charge on any atom is 0.306 e. The number of esters is 3. The summed E-state index contributed by atoms with van der Waals surface area (Å²) in [4.78, 5) is 38.2. The predicted molar refractivity (Wildman–Crippen MR) is 297 cm³/mol. The first-order valence-corrected chi connectivity index (χ1v) is 29.1. The summed E-state index contributed by atoms with van der Waals surface area (Å²) in [5, 5.41) is 0. The molecule has 0 rings (SSSR count). The van der Waals surface area contributed by atoms with Crippen molar-refractivity contribution in [3.63, 3.8) is 0 Å². The molecule has 0 amide bonds. The molecule has 0 aliphatic rings. The Morgan fingerprint density at radius 1 is 0.304 bits per heavy atom. The van der Waals surface area contributed by atoms with E-state index in [9.17, 15) is 14.4 Å². The van der Waals surface area contributed by atoms with Crippen molar-refractivity contribution < 1.29 is 28.6 Å². The fourth-order valence-electron chi connectivity index (χ4n) is 8.00. The minimum Gasteiger partial charge on any atom is -0.462 e. The van der Waals surface area contributed by atoms with Gasteiger partial charge in [0.05, 0.1) is 0 Å². The third-order valence-electron chi connectivity index (χ3n) is 12.3. The van der Waals surface area contributed by atoms with Crippen LogP contribution in [-0.4, -0.2) is 37.2 Å². The van der Waals surface area contributed by atoms with Gasteiger partial charge >= 0.3 is 17.9 Å². The van der Waals surface area contributed by atoms with E-state index in [1.807, 2.05) is 0 Å². The molecule has 0 aromatic rings. The summed E-state index contributed by atoms with van der Waals surface area (Å²) in [5.74, 6) is -0.907. The van der Waals surface area contributed by atoms with Crippen LogP contribution >= 0.6 is 0 Å². The van der Waals surface area contributed by atoms with E-state index in [1.54, 1.807) is 0 Å². The van der Waals surface area contributed by atoms with E-state index in [0.29, 0.717) is 19.3 Å². The molecule has 396 valence electrons. The third kappa shape index (κ3) is 55.4. The van der Waals surface area contributed by atoms with Crippen molar-refractivity contribution in [1.29, 1.82) is 0 Å². The van der Waals surface area contributed by atoms with Crippen LogP contribution in [0.4, 0.5) is 0 Å². The molecule has 0 heterocycles. The Kier molecular flexibility index (Phi) is 54.3. The number of carbonyl (C=O) groups excluding carboxylic acids is 3. The largest absolute Gasteiger partial charge is 0.462 e. The molecule has 0 spiro atoms. The lowest BCUT2D eigenvalue weighted by Gasteiger charge is -2.18. The number of hydrogen-bond acceptors (Lipinski definition) is 6. The Morgan fingerprint density at radius 3 is 0.957 bits per heavy atom. The average Bonchev–Trinajstić information content (AvgIpc) is 3.35. The molecule has 6 heteroatoms. The standard InChI is InChI=1S/C63H108O6/c1-4-7-10-13-16-19-22-25-27-29-30-31-32-34-35-38-41-44-47-50-53-56-62(65)68-59-60(58-67-61(64)55-52-49-46-43-40-37-24-21-18-15-12-9-6-3)69-63(66)57-54-51-48-45-42-39-36-33-28-26-23-20-17-14-11-8-5-2/h7,10,12,15-16,19,21,24-28,30-31,60H,4-6,8-9,11,13-14,17-18,20,22-23,29,32-59H2,1-3H3/b10-7-,15-12-,19-16-,24-21-,27-25-,28-26-,31-30-. The summed E-state index contributed by atoms with van der Waals surface area (Å²) in [6.07, 6.45) is 74.3. The number of ether oxygens (including phenoxy) is 3. The van der Waals surface area contributed by atoms with Gasteiger partial charge in [-0.05, 0) is 109 Å².